The molecule has 0 saturated carbocycles. The van der Waals surface area contributed by atoms with E-state index in [-0.39, 0.29) is 5.75 Å². The zero-order valence-electron chi connectivity index (χ0n) is 10.3. The zero-order chi connectivity index (χ0) is 13.8. The number of carboxylic acid groups (broad SMARTS) is 1. The van der Waals surface area contributed by atoms with Gasteiger partial charge in [-0.2, -0.15) is 0 Å². The van der Waals surface area contributed by atoms with Crippen LogP contribution in [0.15, 0.2) is 48.5 Å². The number of ether oxygens (including phenoxy) is 1. The predicted octanol–water partition coefficient (Wildman–Crippen LogP) is 2.65. The normalized spacial score (nSPS) is 9.95. The molecule has 2 rings (SSSR count). The first-order valence-electron chi connectivity index (χ1n) is 5.69. The Kier molecular flexibility index (Phi) is 3.61. The second-order valence-electron chi connectivity index (χ2n) is 4.01. The molecule has 0 unspecified atom stereocenters. The van der Waals surface area contributed by atoms with Crippen LogP contribution < -0.4 is 4.74 Å². The van der Waals surface area contributed by atoms with Gasteiger partial charge >= 0.3 is 11.9 Å². The quantitative estimate of drug-likeness (QED) is 0.509. The molecular weight excluding hydrogens is 244 g/mol. The van der Waals surface area contributed by atoms with Crippen molar-refractivity contribution in [2.24, 2.45) is 0 Å². The molecule has 0 aliphatic carbocycles. The van der Waals surface area contributed by atoms with Gasteiger partial charge in [-0.25, -0.2) is 9.59 Å². The molecule has 1 N–H and O–H groups in total. The third-order valence-electron chi connectivity index (χ3n) is 2.70. The Bertz CT molecular complexity index is 632. The van der Waals surface area contributed by atoms with Crippen LogP contribution in [-0.2, 0) is 9.59 Å². The molecule has 0 aliphatic heterocycles. The molecule has 0 bridgehead atoms. The Morgan fingerprint density at radius 1 is 0.947 bits per heavy atom. The van der Waals surface area contributed by atoms with Gasteiger partial charge < -0.3 is 9.84 Å². The Morgan fingerprint density at radius 2 is 1.53 bits per heavy atom. The summed E-state index contributed by atoms with van der Waals surface area (Å²) in [5.74, 6) is -2.66. The van der Waals surface area contributed by atoms with Crippen LogP contribution in [0.5, 0.6) is 5.75 Å². The number of rotatable bonds is 2. The molecule has 4 heteroatoms. The average molecular weight is 256 g/mol. The summed E-state index contributed by atoms with van der Waals surface area (Å²) in [5.41, 5.74) is 2.60. The highest BCUT2D eigenvalue weighted by molar-refractivity contribution is 6.29. The molecule has 0 atom stereocenters. The number of carboxylic acids is 1. The van der Waals surface area contributed by atoms with E-state index < -0.39 is 11.9 Å². The fourth-order valence-corrected chi connectivity index (χ4v) is 1.80. The van der Waals surface area contributed by atoms with E-state index in [1.54, 1.807) is 24.3 Å². The number of para-hydroxylation sites is 1. The summed E-state index contributed by atoms with van der Waals surface area (Å²) in [4.78, 5) is 21.7. The fraction of sp³-hybridized carbons (Fsp3) is 0.0667. The highest BCUT2D eigenvalue weighted by Gasteiger charge is 2.17. The lowest BCUT2D eigenvalue weighted by atomic mass is 10.00. The molecule has 0 aliphatic rings. The van der Waals surface area contributed by atoms with Crippen molar-refractivity contribution in [1.29, 1.82) is 0 Å². The third kappa shape index (κ3) is 2.80. The van der Waals surface area contributed by atoms with Crippen LogP contribution in [0, 0.1) is 6.92 Å². The first-order chi connectivity index (χ1) is 9.09. The van der Waals surface area contributed by atoms with Gasteiger partial charge in [0.25, 0.3) is 0 Å². The van der Waals surface area contributed by atoms with Gasteiger partial charge in [-0.3, -0.25) is 0 Å². The second kappa shape index (κ2) is 5.35. The lowest BCUT2D eigenvalue weighted by molar-refractivity contribution is -0.158. The molecule has 0 aromatic heterocycles. The molecule has 0 saturated heterocycles. The standard InChI is InChI=1S/C15H12O4/c1-10-6-2-3-7-11(10)12-8-4-5-9-13(12)19-15(18)14(16)17/h2-9H,1H3,(H,16,17). The maximum Gasteiger partial charge on any atom is 0.422 e. The van der Waals surface area contributed by atoms with Crippen LogP contribution in [0.25, 0.3) is 11.1 Å². The summed E-state index contributed by atoms with van der Waals surface area (Å²) in [5, 5.41) is 8.58. The van der Waals surface area contributed by atoms with Gasteiger partial charge in [0.05, 0.1) is 0 Å². The highest BCUT2D eigenvalue weighted by atomic mass is 16.6. The zero-order valence-corrected chi connectivity index (χ0v) is 10.3. The number of aryl methyl sites for hydroxylation is 1. The number of esters is 1. The maximum atomic E-state index is 11.2. The number of aliphatic carboxylic acids is 1. The first-order valence-corrected chi connectivity index (χ1v) is 5.69. The van der Waals surface area contributed by atoms with Crippen LogP contribution in [0.4, 0.5) is 0 Å². The highest BCUT2D eigenvalue weighted by Crippen LogP contribution is 2.31. The van der Waals surface area contributed by atoms with E-state index in [2.05, 4.69) is 0 Å². The molecule has 0 fully saturated rings. The van der Waals surface area contributed by atoms with Gasteiger partial charge in [-0.15, -0.1) is 0 Å². The molecule has 0 amide bonds. The minimum atomic E-state index is -1.61. The molecule has 0 radical (unpaired) electrons. The van der Waals surface area contributed by atoms with Gasteiger partial charge in [0.2, 0.25) is 0 Å². The van der Waals surface area contributed by atoms with Crippen molar-refractivity contribution in [3.63, 3.8) is 0 Å². The Labute approximate surface area is 110 Å². The fourth-order valence-electron chi connectivity index (χ4n) is 1.80. The number of benzene rings is 2. The summed E-state index contributed by atoms with van der Waals surface area (Å²) in [6.45, 7) is 1.94. The summed E-state index contributed by atoms with van der Waals surface area (Å²) >= 11 is 0. The van der Waals surface area contributed by atoms with E-state index in [4.69, 9.17) is 9.84 Å². The van der Waals surface area contributed by atoms with E-state index in [0.29, 0.717) is 5.56 Å². The number of hydrogen-bond acceptors (Lipinski definition) is 3. The number of carbonyl (C=O) groups excluding carboxylic acids is 1. The van der Waals surface area contributed by atoms with Crippen LogP contribution in [-0.4, -0.2) is 17.0 Å². The molecule has 0 spiro atoms. The maximum absolute atomic E-state index is 11.2. The summed E-state index contributed by atoms with van der Waals surface area (Å²) < 4.78 is 4.88. The van der Waals surface area contributed by atoms with Crippen molar-refractivity contribution in [3.05, 3.63) is 54.1 Å². The molecular formula is C15H12O4. The summed E-state index contributed by atoms with van der Waals surface area (Å²) in [7, 11) is 0. The van der Waals surface area contributed by atoms with Gasteiger partial charge in [0.15, 0.2) is 0 Å². The Balaban J connectivity index is 2.45. The number of hydrogen-bond donors (Lipinski definition) is 1. The summed E-state index contributed by atoms with van der Waals surface area (Å²) in [6.07, 6.45) is 0. The van der Waals surface area contributed by atoms with Crippen molar-refractivity contribution in [1.82, 2.24) is 0 Å². The summed E-state index contributed by atoms with van der Waals surface area (Å²) in [6, 6.07) is 14.5. The Hall–Kier alpha value is -2.62. The molecule has 4 nitrogen and oxygen atoms in total. The van der Waals surface area contributed by atoms with E-state index in [0.717, 1.165) is 11.1 Å². The second-order valence-corrected chi connectivity index (χ2v) is 4.01. The molecule has 2 aromatic carbocycles. The van der Waals surface area contributed by atoms with Crippen molar-refractivity contribution in [2.45, 2.75) is 6.92 Å². The van der Waals surface area contributed by atoms with E-state index in [1.807, 2.05) is 31.2 Å². The number of carbonyl (C=O) groups is 2. The average Bonchev–Trinajstić information content (AvgIpc) is 2.40. The van der Waals surface area contributed by atoms with Crippen molar-refractivity contribution < 1.29 is 19.4 Å². The van der Waals surface area contributed by atoms with Crippen molar-refractivity contribution >= 4 is 11.9 Å². The van der Waals surface area contributed by atoms with Gasteiger partial charge in [0.1, 0.15) is 5.75 Å². The van der Waals surface area contributed by atoms with Gasteiger partial charge in [0, 0.05) is 5.56 Å². The minimum absolute atomic E-state index is 0.240. The van der Waals surface area contributed by atoms with Gasteiger partial charge in [-0.05, 0) is 24.1 Å². The molecule has 96 valence electrons. The molecule has 0 heterocycles. The van der Waals surface area contributed by atoms with Gasteiger partial charge in [-0.1, -0.05) is 42.5 Å². The van der Waals surface area contributed by atoms with Crippen LogP contribution >= 0.6 is 0 Å². The van der Waals surface area contributed by atoms with Crippen LogP contribution in [0.1, 0.15) is 5.56 Å². The van der Waals surface area contributed by atoms with E-state index >= 15 is 0 Å². The van der Waals surface area contributed by atoms with Crippen molar-refractivity contribution in [3.8, 4) is 16.9 Å². The largest absolute Gasteiger partial charge is 0.473 e. The smallest absolute Gasteiger partial charge is 0.422 e. The third-order valence-corrected chi connectivity index (χ3v) is 2.70. The topological polar surface area (TPSA) is 63.6 Å². The first kappa shape index (κ1) is 12.8. The molecule has 19 heavy (non-hydrogen) atoms. The molecule has 2 aromatic rings. The SMILES string of the molecule is Cc1ccccc1-c1ccccc1OC(=O)C(=O)O. The monoisotopic (exact) mass is 256 g/mol. The van der Waals surface area contributed by atoms with Crippen LogP contribution in [0.3, 0.4) is 0 Å². The predicted molar refractivity (Wildman–Crippen MR) is 69.9 cm³/mol. The minimum Gasteiger partial charge on any atom is -0.473 e. The van der Waals surface area contributed by atoms with E-state index in [9.17, 15) is 9.59 Å². The van der Waals surface area contributed by atoms with Crippen LogP contribution in [0.2, 0.25) is 0 Å². The Morgan fingerprint density at radius 3 is 2.16 bits per heavy atom. The lowest BCUT2D eigenvalue weighted by Crippen LogP contribution is -2.19. The van der Waals surface area contributed by atoms with Crippen molar-refractivity contribution in [2.75, 3.05) is 0 Å². The van der Waals surface area contributed by atoms with E-state index in [1.165, 1.54) is 0 Å². The lowest BCUT2D eigenvalue weighted by Gasteiger charge is -2.10.